The van der Waals surface area contributed by atoms with Gasteiger partial charge in [-0.15, -0.1) is 10.2 Å². The number of fused-ring (bicyclic) bond motifs is 1. The summed E-state index contributed by atoms with van der Waals surface area (Å²) >= 11 is 0. The summed E-state index contributed by atoms with van der Waals surface area (Å²) in [6.07, 6.45) is 2.92. The van der Waals surface area contributed by atoms with E-state index in [2.05, 4.69) is 25.8 Å². The molecule has 2 N–H and O–H groups in total. The first-order valence-electron chi connectivity index (χ1n) is 9.50. The first-order chi connectivity index (χ1) is 13.9. The molecule has 0 aliphatic carbocycles. The Balaban J connectivity index is 1.34. The molecule has 0 aromatic carbocycles. The number of carbonyl (C=O) groups is 2. The van der Waals surface area contributed by atoms with Gasteiger partial charge in [-0.3, -0.25) is 19.2 Å². The second kappa shape index (κ2) is 7.52. The summed E-state index contributed by atoms with van der Waals surface area (Å²) in [4.78, 5) is 30.0. The molecule has 2 fully saturated rings. The highest BCUT2D eigenvalue weighted by Crippen LogP contribution is 2.42. The zero-order valence-corrected chi connectivity index (χ0v) is 16.5. The van der Waals surface area contributed by atoms with Gasteiger partial charge in [0.05, 0.1) is 30.7 Å². The maximum atomic E-state index is 12.5. The standard InChI is InChI=1S/C17H25N9O3/c1-12-14(3-19-23(12)2)21-15(28)6-24-4-13-5-25(9-17(13,8-24)10-27)16(29)7-26-20-11-18-22-26/h3,11,13,27H,4-10H2,1-2H3,(H,21,28). The average molecular weight is 403 g/mol. The number of likely N-dealkylation sites (tertiary alicyclic amines) is 2. The fourth-order valence-corrected chi connectivity index (χ4v) is 4.32. The lowest BCUT2D eigenvalue weighted by atomic mass is 9.82. The smallest absolute Gasteiger partial charge is 0.246 e. The Morgan fingerprint density at radius 2 is 2.10 bits per heavy atom. The van der Waals surface area contributed by atoms with E-state index in [-0.39, 0.29) is 37.4 Å². The number of aliphatic hydroxyl groups is 1. The molecule has 2 unspecified atom stereocenters. The molecular formula is C17H25N9O3. The first kappa shape index (κ1) is 19.5. The van der Waals surface area contributed by atoms with Crippen molar-refractivity contribution in [2.24, 2.45) is 18.4 Å². The van der Waals surface area contributed by atoms with Crippen molar-refractivity contribution >= 4 is 17.5 Å². The van der Waals surface area contributed by atoms with Gasteiger partial charge >= 0.3 is 0 Å². The molecule has 2 aliphatic rings. The Hall–Kier alpha value is -2.86. The summed E-state index contributed by atoms with van der Waals surface area (Å²) in [6, 6.07) is 0. The molecule has 12 heteroatoms. The van der Waals surface area contributed by atoms with E-state index in [0.29, 0.717) is 31.9 Å². The Kier molecular flexibility index (Phi) is 5.04. The highest BCUT2D eigenvalue weighted by molar-refractivity contribution is 5.92. The van der Waals surface area contributed by atoms with Crippen LogP contribution in [0, 0.1) is 18.3 Å². The van der Waals surface area contributed by atoms with Crippen LogP contribution in [-0.4, -0.2) is 96.0 Å². The molecular weight excluding hydrogens is 378 g/mol. The number of nitrogens with zero attached hydrogens (tertiary/aromatic N) is 8. The quantitative estimate of drug-likeness (QED) is 0.572. The van der Waals surface area contributed by atoms with Crippen LogP contribution in [0.4, 0.5) is 5.69 Å². The highest BCUT2D eigenvalue weighted by atomic mass is 16.3. The molecule has 2 atom stereocenters. The van der Waals surface area contributed by atoms with E-state index >= 15 is 0 Å². The molecule has 2 saturated heterocycles. The van der Waals surface area contributed by atoms with Crippen LogP contribution in [0.1, 0.15) is 5.69 Å². The zero-order chi connectivity index (χ0) is 20.6. The zero-order valence-electron chi connectivity index (χ0n) is 16.5. The normalized spacial score (nSPS) is 24.1. The van der Waals surface area contributed by atoms with Gasteiger partial charge in [-0.05, 0) is 18.1 Å². The number of tetrazole rings is 1. The third kappa shape index (κ3) is 3.72. The summed E-state index contributed by atoms with van der Waals surface area (Å²) in [6.45, 7) is 4.38. The van der Waals surface area contributed by atoms with Crippen LogP contribution in [-0.2, 0) is 23.2 Å². The van der Waals surface area contributed by atoms with E-state index in [9.17, 15) is 14.7 Å². The molecule has 0 bridgehead atoms. The predicted molar refractivity (Wildman–Crippen MR) is 100 cm³/mol. The molecule has 2 aliphatic heterocycles. The maximum absolute atomic E-state index is 12.5. The predicted octanol–water partition coefficient (Wildman–Crippen LogP) is -1.89. The Morgan fingerprint density at radius 1 is 1.28 bits per heavy atom. The molecule has 4 heterocycles. The van der Waals surface area contributed by atoms with Gasteiger partial charge in [0.2, 0.25) is 11.8 Å². The third-order valence-corrected chi connectivity index (χ3v) is 6.04. The first-order valence-corrected chi connectivity index (χ1v) is 9.50. The number of aliphatic hydroxyl groups excluding tert-OH is 1. The monoisotopic (exact) mass is 403 g/mol. The number of hydrogen-bond acceptors (Lipinski definition) is 8. The maximum Gasteiger partial charge on any atom is 0.246 e. The van der Waals surface area contributed by atoms with E-state index in [1.807, 2.05) is 18.9 Å². The van der Waals surface area contributed by atoms with E-state index < -0.39 is 5.41 Å². The van der Waals surface area contributed by atoms with Gasteiger partial charge in [-0.2, -0.15) is 9.90 Å². The van der Waals surface area contributed by atoms with Gasteiger partial charge in [0.1, 0.15) is 6.54 Å². The molecule has 4 rings (SSSR count). The van der Waals surface area contributed by atoms with Crippen molar-refractivity contribution in [2.75, 3.05) is 44.6 Å². The van der Waals surface area contributed by atoms with Crippen molar-refractivity contribution in [1.29, 1.82) is 0 Å². The largest absolute Gasteiger partial charge is 0.396 e. The van der Waals surface area contributed by atoms with Crippen LogP contribution in [0.15, 0.2) is 12.5 Å². The second-order valence-electron chi connectivity index (χ2n) is 7.94. The van der Waals surface area contributed by atoms with Crippen LogP contribution < -0.4 is 5.32 Å². The summed E-state index contributed by atoms with van der Waals surface area (Å²) in [5.41, 5.74) is 1.18. The summed E-state index contributed by atoms with van der Waals surface area (Å²) in [5, 5.41) is 28.3. The third-order valence-electron chi connectivity index (χ3n) is 6.04. The summed E-state index contributed by atoms with van der Waals surface area (Å²) in [5.74, 6) is -0.0889. The Bertz CT molecular complexity index is 896. The van der Waals surface area contributed by atoms with Gasteiger partial charge in [-0.25, -0.2) is 0 Å². The van der Waals surface area contributed by atoms with Gasteiger partial charge in [0.15, 0.2) is 6.33 Å². The fraction of sp³-hybridized carbons (Fsp3) is 0.647. The van der Waals surface area contributed by atoms with Crippen LogP contribution in [0.2, 0.25) is 0 Å². The number of hydrogen-bond donors (Lipinski definition) is 2. The summed E-state index contributed by atoms with van der Waals surface area (Å²) < 4.78 is 1.71. The van der Waals surface area contributed by atoms with Crippen molar-refractivity contribution in [3.63, 3.8) is 0 Å². The number of carbonyl (C=O) groups excluding carboxylic acids is 2. The van der Waals surface area contributed by atoms with Crippen LogP contribution >= 0.6 is 0 Å². The van der Waals surface area contributed by atoms with E-state index in [0.717, 1.165) is 5.69 Å². The lowest BCUT2D eigenvalue weighted by Gasteiger charge is -2.27. The van der Waals surface area contributed by atoms with Gasteiger partial charge in [0, 0.05) is 38.6 Å². The number of aromatic nitrogens is 6. The molecule has 0 radical (unpaired) electrons. The number of anilines is 1. The molecule has 29 heavy (non-hydrogen) atoms. The van der Waals surface area contributed by atoms with Crippen molar-refractivity contribution < 1.29 is 14.7 Å². The SMILES string of the molecule is Cc1c(NC(=O)CN2CC3CN(C(=O)Cn4ncnn4)CC3(CO)C2)cnn1C. The van der Waals surface area contributed by atoms with Crippen LogP contribution in [0.3, 0.4) is 0 Å². The van der Waals surface area contributed by atoms with Gasteiger partial charge in [0.25, 0.3) is 0 Å². The van der Waals surface area contributed by atoms with Crippen molar-refractivity contribution in [3.05, 3.63) is 18.2 Å². The van der Waals surface area contributed by atoms with Gasteiger partial charge in [-0.1, -0.05) is 0 Å². The van der Waals surface area contributed by atoms with E-state index in [1.165, 1.54) is 11.1 Å². The highest BCUT2D eigenvalue weighted by Gasteiger charge is 2.53. The Morgan fingerprint density at radius 3 is 2.72 bits per heavy atom. The van der Waals surface area contributed by atoms with Crippen molar-refractivity contribution in [3.8, 4) is 0 Å². The molecule has 156 valence electrons. The molecule has 2 aromatic heterocycles. The second-order valence-corrected chi connectivity index (χ2v) is 7.94. The number of rotatable bonds is 6. The van der Waals surface area contributed by atoms with E-state index in [1.54, 1.807) is 15.8 Å². The Labute approximate surface area is 167 Å². The molecule has 2 amide bonds. The molecule has 0 saturated carbocycles. The lowest BCUT2D eigenvalue weighted by Crippen LogP contribution is -2.41. The van der Waals surface area contributed by atoms with Gasteiger partial charge < -0.3 is 15.3 Å². The van der Waals surface area contributed by atoms with Crippen LogP contribution in [0.5, 0.6) is 0 Å². The minimum atomic E-state index is -0.407. The number of aryl methyl sites for hydroxylation is 1. The summed E-state index contributed by atoms with van der Waals surface area (Å²) in [7, 11) is 1.82. The van der Waals surface area contributed by atoms with Crippen molar-refractivity contribution in [2.45, 2.75) is 13.5 Å². The fourth-order valence-electron chi connectivity index (χ4n) is 4.32. The average Bonchev–Trinajstić information content (AvgIpc) is 3.43. The topological polar surface area (TPSA) is 134 Å². The number of nitrogens with one attached hydrogen (secondary N) is 1. The minimum Gasteiger partial charge on any atom is -0.396 e. The lowest BCUT2D eigenvalue weighted by molar-refractivity contribution is -0.132. The number of amides is 2. The molecule has 12 nitrogen and oxygen atoms in total. The van der Waals surface area contributed by atoms with Crippen LogP contribution in [0.25, 0.3) is 0 Å². The van der Waals surface area contributed by atoms with Crippen molar-refractivity contribution in [1.82, 2.24) is 39.8 Å². The molecule has 2 aromatic rings. The van der Waals surface area contributed by atoms with E-state index in [4.69, 9.17) is 0 Å². The molecule has 0 spiro atoms. The minimum absolute atomic E-state index is 0.0249.